The van der Waals surface area contributed by atoms with E-state index in [2.05, 4.69) is 60.0 Å². The number of carbonyl (C=O) groups excluding carboxylic acids is 1. The monoisotopic (exact) mass is 433 g/mol. The Labute approximate surface area is 191 Å². The van der Waals surface area contributed by atoms with E-state index in [1.807, 2.05) is 11.9 Å². The number of hydrogen-bond acceptors (Lipinski definition) is 4. The highest BCUT2D eigenvalue weighted by atomic mass is 16.5. The van der Waals surface area contributed by atoms with Crippen molar-refractivity contribution in [2.45, 2.75) is 69.6 Å². The molecule has 0 spiro atoms. The fraction of sp³-hybridized carbons (Fsp3) is 0.519. The number of piperidine rings is 1. The summed E-state index contributed by atoms with van der Waals surface area (Å²) in [5, 5.41) is 7.75. The predicted molar refractivity (Wildman–Crippen MR) is 128 cm³/mol. The number of hydrogen-bond donors (Lipinski definition) is 2. The summed E-state index contributed by atoms with van der Waals surface area (Å²) in [6, 6.07) is 16.3. The summed E-state index contributed by atoms with van der Waals surface area (Å²) in [6.45, 7) is 2.98. The maximum atomic E-state index is 12.6. The van der Waals surface area contributed by atoms with E-state index in [9.17, 15) is 4.79 Å². The molecule has 5 nitrogen and oxygen atoms in total. The zero-order chi connectivity index (χ0) is 22.2. The lowest BCUT2D eigenvalue weighted by Crippen LogP contribution is -2.50. The summed E-state index contributed by atoms with van der Waals surface area (Å²) in [5.41, 5.74) is 4.78. The first kappa shape index (κ1) is 21.5. The first-order chi connectivity index (χ1) is 15.6. The van der Waals surface area contributed by atoms with Crippen LogP contribution in [0.4, 0.5) is 5.69 Å². The molecule has 5 unspecified atom stereocenters. The number of methoxy groups -OCH3 is 1. The third-order valence-corrected chi connectivity index (χ3v) is 7.62. The number of rotatable bonds is 7. The Hall–Kier alpha value is -2.37. The third kappa shape index (κ3) is 3.93. The van der Waals surface area contributed by atoms with Crippen molar-refractivity contribution in [3.63, 3.8) is 0 Å². The van der Waals surface area contributed by atoms with Gasteiger partial charge in [-0.2, -0.15) is 0 Å². The Bertz CT molecular complexity index is 976. The van der Waals surface area contributed by atoms with Crippen LogP contribution in [0.25, 0.3) is 0 Å². The second-order valence-corrected chi connectivity index (χ2v) is 9.67. The summed E-state index contributed by atoms with van der Waals surface area (Å²) < 4.78 is 5.78. The lowest BCUT2D eigenvalue weighted by molar-refractivity contribution is -0.119. The maximum Gasteiger partial charge on any atom is 0.230 e. The molecule has 170 valence electrons. The Balaban J connectivity index is 1.36. The third-order valence-electron chi connectivity index (χ3n) is 7.62. The predicted octanol–water partition coefficient (Wildman–Crippen LogP) is 4.53. The number of anilines is 1. The Morgan fingerprint density at radius 1 is 1.16 bits per heavy atom. The number of nitrogens with zero attached hydrogens (tertiary/aromatic N) is 1. The Kier molecular flexibility index (Phi) is 5.95. The van der Waals surface area contributed by atoms with Crippen molar-refractivity contribution in [3.8, 4) is 5.75 Å². The maximum absolute atomic E-state index is 12.6. The van der Waals surface area contributed by atoms with Gasteiger partial charge in [0.25, 0.3) is 0 Å². The highest BCUT2D eigenvalue weighted by Gasteiger charge is 2.50. The number of carbonyl (C=O) groups is 1. The molecular formula is C27H35N3O2. The fourth-order valence-corrected chi connectivity index (χ4v) is 5.75. The van der Waals surface area contributed by atoms with Crippen LogP contribution in [-0.2, 0) is 11.3 Å². The number of fused-ring (bicyclic) bond motifs is 3. The van der Waals surface area contributed by atoms with Crippen LogP contribution < -0.4 is 20.3 Å². The van der Waals surface area contributed by atoms with E-state index in [1.54, 1.807) is 7.11 Å². The van der Waals surface area contributed by atoms with E-state index in [1.165, 1.54) is 30.4 Å². The van der Waals surface area contributed by atoms with Crippen LogP contribution >= 0.6 is 0 Å². The Morgan fingerprint density at radius 3 is 2.72 bits per heavy atom. The molecule has 2 aliphatic heterocycles. The molecule has 2 aromatic carbocycles. The minimum atomic E-state index is 0.178. The van der Waals surface area contributed by atoms with Crippen LogP contribution in [0.1, 0.15) is 67.7 Å². The first-order valence-electron chi connectivity index (χ1n) is 12.1. The number of ether oxygens (including phenoxy) is 1. The topological polar surface area (TPSA) is 53.6 Å². The van der Waals surface area contributed by atoms with Crippen LogP contribution in [0.2, 0.25) is 0 Å². The van der Waals surface area contributed by atoms with Gasteiger partial charge in [-0.15, -0.1) is 0 Å². The highest BCUT2D eigenvalue weighted by Crippen LogP contribution is 2.56. The van der Waals surface area contributed by atoms with Gasteiger partial charge in [0.2, 0.25) is 5.91 Å². The Morgan fingerprint density at radius 2 is 1.97 bits per heavy atom. The number of nitrogens with one attached hydrogen (secondary N) is 2. The van der Waals surface area contributed by atoms with Crippen molar-refractivity contribution in [2.24, 2.45) is 5.92 Å². The molecule has 1 saturated heterocycles. The molecule has 2 aromatic rings. The fourth-order valence-electron chi connectivity index (χ4n) is 5.75. The van der Waals surface area contributed by atoms with Gasteiger partial charge in [-0.05, 0) is 54.9 Å². The molecule has 2 fully saturated rings. The average molecular weight is 434 g/mol. The minimum Gasteiger partial charge on any atom is -0.496 e. The van der Waals surface area contributed by atoms with E-state index in [0.29, 0.717) is 24.0 Å². The van der Waals surface area contributed by atoms with E-state index >= 15 is 0 Å². The molecule has 3 aliphatic rings. The highest BCUT2D eigenvalue weighted by molar-refractivity contribution is 6.01. The van der Waals surface area contributed by atoms with Gasteiger partial charge in [-0.25, -0.2) is 0 Å². The number of benzene rings is 2. The first-order valence-corrected chi connectivity index (χ1v) is 12.1. The average Bonchev–Trinajstić information content (AvgIpc) is 3.63. The second-order valence-electron chi connectivity index (χ2n) is 9.67. The van der Waals surface area contributed by atoms with Crippen molar-refractivity contribution >= 4 is 11.6 Å². The summed E-state index contributed by atoms with van der Waals surface area (Å²) in [6.07, 6.45) is 5.74. The summed E-state index contributed by atoms with van der Waals surface area (Å²) in [7, 11) is 3.65. The van der Waals surface area contributed by atoms with Gasteiger partial charge in [0, 0.05) is 48.9 Å². The minimum absolute atomic E-state index is 0.178. The van der Waals surface area contributed by atoms with Crippen molar-refractivity contribution in [3.05, 3.63) is 59.2 Å². The molecule has 32 heavy (non-hydrogen) atoms. The van der Waals surface area contributed by atoms with Gasteiger partial charge >= 0.3 is 0 Å². The molecule has 0 radical (unpaired) electrons. The summed E-state index contributed by atoms with van der Waals surface area (Å²) in [4.78, 5) is 14.4. The molecule has 0 bridgehead atoms. The lowest BCUT2D eigenvalue weighted by Gasteiger charge is -2.39. The molecule has 1 saturated carbocycles. The standard InChI is InChI=1S/C27H35N3O2/c1-4-8-19-11-12-23(26(29-19)17-9-6-5-7-10-17)28-16-18-13-24-21(15-25(18)32-3)20-14-22(20)27(31)30(24)2/h5-7,9-10,13,15,19-20,22-23,26,28-29H,4,8,11-12,14,16H2,1-3H3. The largest absolute Gasteiger partial charge is 0.496 e. The molecule has 5 rings (SSSR count). The van der Waals surface area contributed by atoms with E-state index in [0.717, 1.165) is 36.4 Å². The van der Waals surface area contributed by atoms with E-state index in [-0.39, 0.29) is 11.8 Å². The lowest BCUT2D eigenvalue weighted by atomic mass is 9.87. The van der Waals surface area contributed by atoms with Crippen LogP contribution in [0, 0.1) is 5.92 Å². The van der Waals surface area contributed by atoms with Crippen LogP contribution in [0.15, 0.2) is 42.5 Å². The normalized spacial score (nSPS) is 28.8. The SMILES string of the molecule is CCCC1CCC(NCc2cc3c(cc2OC)C2CC2C(=O)N3C)C(c2ccccc2)N1. The molecule has 2 N–H and O–H groups in total. The van der Waals surface area contributed by atoms with Crippen molar-refractivity contribution in [1.29, 1.82) is 0 Å². The zero-order valence-electron chi connectivity index (χ0n) is 19.4. The molecule has 1 aliphatic carbocycles. The smallest absolute Gasteiger partial charge is 0.230 e. The molecule has 1 amide bonds. The van der Waals surface area contributed by atoms with Gasteiger partial charge in [0.05, 0.1) is 7.11 Å². The van der Waals surface area contributed by atoms with Gasteiger partial charge in [-0.3, -0.25) is 4.79 Å². The van der Waals surface area contributed by atoms with Gasteiger partial charge < -0.3 is 20.3 Å². The van der Waals surface area contributed by atoms with Crippen molar-refractivity contribution in [2.75, 3.05) is 19.1 Å². The van der Waals surface area contributed by atoms with Gasteiger partial charge in [0.1, 0.15) is 5.75 Å². The van der Waals surface area contributed by atoms with Crippen molar-refractivity contribution < 1.29 is 9.53 Å². The molecular weight excluding hydrogens is 398 g/mol. The van der Waals surface area contributed by atoms with E-state index < -0.39 is 0 Å². The molecule has 5 atom stereocenters. The van der Waals surface area contributed by atoms with Gasteiger partial charge in [0.15, 0.2) is 0 Å². The summed E-state index contributed by atoms with van der Waals surface area (Å²) in [5.74, 6) is 1.74. The van der Waals surface area contributed by atoms with E-state index in [4.69, 9.17) is 4.74 Å². The van der Waals surface area contributed by atoms with Gasteiger partial charge in [-0.1, -0.05) is 43.7 Å². The summed E-state index contributed by atoms with van der Waals surface area (Å²) >= 11 is 0. The zero-order valence-corrected chi connectivity index (χ0v) is 19.4. The second kappa shape index (κ2) is 8.87. The molecule has 2 heterocycles. The van der Waals surface area contributed by atoms with Crippen LogP contribution in [-0.4, -0.2) is 32.1 Å². The quantitative estimate of drug-likeness (QED) is 0.674. The number of amides is 1. The molecule has 0 aromatic heterocycles. The van der Waals surface area contributed by atoms with Crippen LogP contribution in [0.3, 0.4) is 0 Å². The molecule has 5 heteroatoms. The van der Waals surface area contributed by atoms with Crippen LogP contribution in [0.5, 0.6) is 5.75 Å². The van der Waals surface area contributed by atoms with Crippen molar-refractivity contribution in [1.82, 2.24) is 10.6 Å².